The Kier molecular flexibility index (Phi) is 6.62. The molecule has 2 amide bonds. The van der Waals surface area contributed by atoms with Crippen LogP contribution in [0.15, 0.2) is 53.0 Å². The van der Waals surface area contributed by atoms with Crippen molar-refractivity contribution in [1.82, 2.24) is 5.32 Å². The Morgan fingerprint density at radius 2 is 1.88 bits per heavy atom. The lowest BCUT2D eigenvalue weighted by Gasteiger charge is -2.09. The summed E-state index contributed by atoms with van der Waals surface area (Å²) < 4.78 is 0.915. The van der Waals surface area contributed by atoms with Gasteiger partial charge < -0.3 is 10.6 Å². The summed E-state index contributed by atoms with van der Waals surface area (Å²) in [7, 11) is 0. The zero-order valence-corrected chi connectivity index (χ0v) is 15.4. The molecule has 2 aromatic carbocycles. The molecule has 0 spiro atoms. The number of hydrogen-bond donors (Lipinski definition) is 2. The number of benzene rings is 2. The number of amides is 2. The lowest BCUT2D eigenvalue weighted by molar-refractivity contribution is -0.384. The van der Waals surface area contributed by atoms with Crippen molar-refractivity contribution < 1.29 is 14.5 Å². The fourth-order valence-corrected chi connectivity index (χ4v) is 2.54. The van der Waals surface area contributed by atoms with Crippen LogP contribution in [0.25, 0.3) is 6.08 Å². The van der Waals surface area contributed by atoms with Crippen LogP contribution < -0.4 is 10.6 Å². The molecular formula is C18H16BrN3O4. The van der Waals surface area contributed by atoms with E-state index in [-0.39, 0.29) is 18.1 Å². The summed E-state index contributed by atoms with van der Waals surface area (Å²) >= 11 is 3.35. The summed E-state index contributed by atoms with van der Waals surface area (Å²) in [5, 5.41) is 15.8. The van der Waals surface area contributed by atoms with Gasteiger partial charge in [0.25, 0.3) is 5.69 Å². The maximum atomic E-state index is 11.9. The molecule has 0 aliphatic rings. The highest BCUT2D eigenvalue weighted by Crippen LogP contribution is 2.19. The van der Waals surface area contributed by atoms with Crippen LogP contribution >= 0.6 is 15.9 Å². The van der Waals surface area contributed by atoms with Crippen LogP contribution in [-0.4, -0.2) is 23.3 Å². The first-order valence-corrected chi connectivity index (χ1v) is 8.41. The number of nitrogens with zero attached hydrogens (tertiary/aromatic N) is 1. The number of aryl methyl sites for hydroxylation is 1. The monoisotopic (exact) mass is 417 g/mol. The van der Waals surface area contributed by atoms with Gasteiger partial charge in [0.1, 0.15) is 0 Å². The van der Waals surface area contributed by atoms with E-state index in [2.05, 4.69) is 26.6 Å². The molecule has 0 bridgehead atoms. The number of nitro benzene ring substituents is 1. The average Bonchev–Trinajstić information content (AvgIpc) is 2.61. The van der Waals surface area contributed by atoms with E-state index in [4.69, 9.17) is 0 Å². The first-order valence-electron chi connectivity index (χ1n) is 7.61. The van der Waals surface area contributed by atoms with Crippen molar-refractivity contribution in [2.75, 3.05) is 11.9 Å². The molecule has 2 aromatic rings. The highest BCUT2D eigenvalue weighted by molar-refractivity contribution is 9.10. The lowest BCUT2D eigenvalue weighted by atomic mass is 10.2. The fraction of sp³-hybridized carbons (Fsp3) is 0.111. The van der Waals surface area contributed by atoms with Gasteiger partial charge in [0.2, 0.25) is 11.8 Å². The Labute approximate surface area is 158 Å². The van der Waals surface area contributed by atoms with Gasteiger partial charge in [-0.25, -0.2) is 0 Å². The van der Waals surface area contributed by atoms with Crippen LogP contribution in [0.3, 0.4) is 0 Å². The van der Waals surface area contributed by atoms with Crippen molar-refractivity contribution in [2.24, 2.45) is 0 Å². The minimum atomic E-state index is -0.494. The number of carbonyl (C=O) groups is 2. The second-order valence-electron chi connectivity index (χ2n) is 5.41. The molecule has 26 heavy (non-hydrogen) atoms. The van der Waals surface area contributed by atoms with Gasteiger partial charge in [-0.05, 0) is 54.5 Å². The maximum Gasteiger partial charge on any atom is 0.269 e. The molecule has 0 heterocycles. The Morgan fingerprint density at radius 3 is 2.50 bits per heavy atom. The van der Waals surface area contributed by atoms with Crippen LogP contribution in [0.2, 0.25) is 0 Å². The van der Waals surface area contributed by atoms with Crippen molar-refractivity contribution >= 4 is 45.2 Å². The quantitative estimate of drug-likeness (QED) is 0.426. The minimum Gasteiger partial charge on any atom is -0.343 e. The Morgan fingerprint density at radius 1 is 1.19 bits per heavy atom. The molecule has 0 unspecified atom stereocenters. The van der Waals surface area contributed by atoms with Gasteiger partial charge in [-0.2, -0.15) is 0 Å². The highest BCUT2D eigenvalue weighted by Gasteiger charge is 2.07. The van der Waals surface area contributed by atoms with E-state index in [9.17, 15) is 19.7 Å². The molecule has 2 rings (SSSR count). The van der Waals surface area contributed by atoms with Gasteiger partial charge in [0.05, 0.1) is 11.5 Å². The summed E-state index contributed by atoms with van der Waals surface area (Å²) in [6.45, 7) is 1.70. The maximum absolute atomic E-state index is 11.9. The van der Waals surface area contributed by atoms with Crippen LogP contribution in [0.4, 0.5) is 11.4 Å². The molecule has 0 fully saturated rings. The van der Waals surface area contributed by atoms with Crippen molar-refractivity contribution in [3.05, 3.63) is 74.3 Å². The smallest absolute Gasteiger partial charge is 0.269 e. The van der Waals surface area contributed by atoms with Gasteiger partial charge in [-0.15, -0.1) is 0 Å². The van der Waals surface area contributed by atoms with Gasteiger partial charge >= 0.3 is 0 Å². The Hall–Kier alpha value is -3.00. The van der Waals surface area contributed by atoms with Crippen molar-refractivity contribution in [3.8, 4) is 0 Å². The molecule has 0 saturated carbocycles. The fourth-order valence-electron chi connectivity index (χ4n) is 2.07. The number of carbonyl (C=O) groups excluding carboxylic acids is 2. The van der Waals surface area contributed by atoms with Gasteiger partial charge in [-0.1, -0.05) is 15.9 Å². The average molecular weight is 418 g/mol. The van der Waals surface area contributed by atoms with Crippen LogP contribution in [-0.2, 0) is 9.59 Å². The molecule has 8 heteroatoms. The Balaban J connectivity index is 1.83. The van der Waals surface area contributed by atoms with Crippen molar-refractivity contribution in [3.63, 3.8) is 0 Å². The molecule has 0 radical (unpaired) electrons. The highest BCUT2D eigenvalue weighted by atomic mass is 79.9. The summed E-state index contributed by atoms with van der Waals surface area (Å²) in [4.78, 5) is 33.8. The van der Waals surface area contributed by atoms with Crippen molar-refractivity contribution in [1.29, 1.82) is 0 Å². The molecule has 134 valence electrons. The molecule has 7 nitrogen and oxygen atoms in total. The standard InChI is InChI=1S/C18H16BrN3O4/c1-12-10-14(19)5-8-16(12)21-18(24)11-20-17(23)9-4-13-2-6-15(7-3-13)22(25)26/h2-10H,11H2,1H3,(H,20,23)(H,21,24)/b9-4+. The molecule has 2 N–H and O–H groups in total. The van der Waals surface area contributed by atoms with E-state index in [0.717, 1.165) is 10.0 Å². The van der Waals surface area contributed by atoms with Gasteiger partial charge in [-0.3, -0.25) is 19.7 Å². The number of nitrogens with one attached hydrogen (secondary N) is 2. The third-order valence-corrected chi connectivity index (χ3v) is 3.91. The molecule has 0 atom stereocenters. The molecule has 0 aliphatic heterocycles. The number of rotatable bonds is 6. The normalized spacial score (nSPS) is 10.5. The third-order valence-electron chi connectivity index (χ3n) is 3.42. The number of anilines is 1. The predicted octanol–water partition coefficient (Wildman–Crippen LogP) is 3.43. The van der Waals surface area contributed by atoms with Gasteiger partial charge in [0.15, 0.2) is 0 Å². The summed E-state index contributed by atoms with van der Waals surface area (Å²) in [5.74, 6) is -0.779. The SMILES string of the molecule is Cc1cc(Br)ccc1NC(=O)CNC(=O)/C=C/c1ccc([N+](=O)[O-])cc1. The van der Waals surface area contributed by atoms with E-state index in [1.807, 2.05) is 19.1 Å². The van der Waals surface area contributed by atoms with Crippen LogP contribution in [0.5, 0.6) is 0 Å². The molecule has 0 aliphatic carbocycles. The second-order valence-corrected chi connectivity index (χ2v) is 6.32. The summed E-state index contributed by atoms with van der Waals surface area (Å²) in [6, 6.07) is 11.2. The minimum absolute atomic E-state index is 0.0218. The number of halogens is 1. The number of non-ortho nitro benzene ring substituents is 1. The topological polar surface area (TPSA) is 101 Å². The van der Waals surface area contributed by atoms with E-state index in [1.54, 1.807) is 6.07 Å². The second kappa shape index (κ2) is 8.91. The number of nitro groups is 1. The van der Waals surface area contributed by atoms with E-state index in [0.29, 0.717) is 11.3 Å². The zero-order chi connectivity index (χ0) is 19.1. The third kappa shape index (κ3) is 5.82. The van der Waals surface area contributed by atoms with E-state index in [1.165, 1.54) is 36.4 Å². The Bertz CT molecular complexity index is 863. The van der Waals surface area contributed by atoms with Gasteiger partial charge in [0, 0.05) is 28.4 Å². The zero-order valence-electron chi connectivity index (χ0n) is 13.9. The first-order chi connectivity index (χ1) is 12.3. The number of hydrogen-bond acceptors (Lipinski definition) is 4. The van der Waals surface area contributed by atoms with E-state index >= 15 is 0 Å². The summed E-state index contributed by atoms with van der Waals surface area (Å²) in [5.41, 5.74) is 2.19. The lowest BCUT2D eigenvalue weighted by Crippen LogP contribution is -2.31. The first kappa shape index (κ1) is 19.3. The van der Waals surface area contributed by atoms with Crippen LogP contribution in [0.1, 0.15) is 11.1 Å². The van der Waals surface area contributed by atoms with E-state index < -0.39 is 10.8 Å². The summed E-state index contributed by atoms with van der Waals surface area (Å²) in [6.07, 6.45) is 2.77. The molecular weight excluding hydrogens is 402 g/mol. The largest absolute Gasteiger partial charge is 0.343 e. The molecule has 0 saturated heterocycles. The predicted molar refractivity (Wildman–Crippen MR) is 103 cm³/mol. The van der Waals surface area contributed by atoms with Crippen molar-refractivity contribution in [2.45, 2.75) is 6.92 Å². The molecule has 0 aromatic heterocycles. The van der Waals surface area contributed by atoms with Crippen LogP contribution in [0, 0.1) is 17.0 Å².